The minimum absolute atomic E-state index is 0.332. The number of hydrogen-bond acceptors (Lipinski definition) is 1. The molecule has 0 aromatic rings. The molecule has 0 spiro atoms. The van der Waals surface area contributed by atoms with Crippen molar-refractivity contribution in [1.29, 1.82) is 0 Å². The summed E-state index contributed by atoms with van der Waals surface area (Å²) in [5.41, 5.74) is 2.29. The van der Waals surface area contributed by atoms with Gasteiger partial charge in [-0.2, -0.15) is 0 Å². The molecular formula is C15H22O. The van der Waals surface area contributed by atoms with Gasteiger partial charge >= 0.3 is 0 Å². The number of carbonyl (C=O) groups excluding carboxylic acids is 1. The van der Waals surface area contributed by atoms with E-state index in [9.17, 15) is 4.79 Å². The fraction of sp³-hybridized carbons (Fsp3) is 0.533. The molecule has 1 nitrogen and oxygen atoms in total. The van der Waals surface area contributed by atoms with E-state index in [1.165, 1.54) is 5.57 Å². The molecule has 1 rings (SSSR count). The predicted octanol–water partition coefficient (Wildman–Crippen LogP) is 4.21. The number of ketones is 1. The van der Waals surface area contributed by atoms with Gasteiger partial charge in [0.2, 0.25) is 0 Å². The van der Waals surface area contributed by atoms with Crippen molar-refractivity contribution < 1.29 is 4.79 Å². The van der Waals surface area contributed by atoms with Crippen molar-refractivity contribution >= 4 is 5.78 Å². The van der Waals surface area contributed by atoms with Crippen molar-refractivity contribution in [3.05, 3.63) is 36.0 Å². The maximum atomic E-state index is 11.8. The molecule has 0 bridgehead atoms. The van der Waals surface area contributed by atoms with Crippen molar-refractivity contribution in [2.45, 2.75) is 46.0 Å². The van der Waals surface area contributed by atoms with E-state index < -0.39 is 0 Å². The molecule has 0 saturated heterocycles. The highest BCUT2D eigenvalue weighted by molar-refractivity contribution is 5.95. The van der Waals surface area contributed by atoms with E-state index >= 15 is 0 Å². The molecule has 0 aromatic heterocycles. The molecule has 16 heavy (non-hydrogen) atoms. The average Bonchev–Trinajstić information content (AvgIpc) is 2.29. The Morgan fingerprint density at radius 2 is 2.38 bits per heavy atom. The summed E-state index contributed by atoms with van der Waals surface area (Å²) >= 11 is 0. The van der Waals surface area contributed by atoms with Crippen LogP contribution in [0.25, 0.3) is 0 Å². The molecule has 1 heteroatoms. The van der Waals surface area contributed by atoms with Crippen LogP contribution >= 0.6 is 0 Å². The molecule has 0 aliphatic heterocycles. The molecule has 0 aromatic carbocycles. The quantitative estimate of drug-likeness (QED) is 0.632. The largest absolute Gasteiger partial charge is 0.295 e. The Hall–Kier alpha value is -1.11. The summed E-state index contributed by atoms with van der Waals surface area (Å²) in [6, 6.07) is 0. The Labute approximate surface area is 98.9 Å². The first-order valence-corrected chi connectivity index (χ1v) is 6.14. The molecule has 1 aliphatic rings. The summed E-state index contributed by atoms with van der Waals surface area (Å²) in [7, 11) is 0. The first-order chi connectivity index (χ1) is 7.65. The Balaban J connectivity index is 2.44. The normalized spacial score (nSPS) is 20.9. The third-order valence-electron chi connectivity index (χ3n) is 3.24. The molecule has 0 fully saturated rings. The first kappa shape index (κ1) is 13.0. The van der Waals surface area contributed by atoms with E-state index in [-0.39, 0.29) is 0 Å². The summed E-state index contributed by atoms with van der Waals surface area (Å²) < 4.78 is 0. The van der Waals surface area contributed by atoms with Gasteiger partial charge in [-0.1, -0.05) is 30.4 Å². The zero-order valence-electron chi connectivity index (χ0n) is 10.5. The zero-order valence-corrected chi connectivity index (χ0v) is 10.5. The lowest BCUT2D eigenvalue weighted by Gasteiger charge is -2.21. The van der Waals surface area contributed by atoms with Gasteiger partial charge in [-0.05, 0) is 51.0 Å². The van der Waals surface area contributed by atoms with Crippen LogP contribution < -0.4 is 0 Å². The molecule has 88 valence electrons. The van der Waals surface area contributed by atoms with Crippen LogP contribution in [0.3, 0.4) is 0 Å². The molecular weight excluding hydrogens is 196 g/mol. The number of allylic oxidation sites excluding steroid dienone is 5. The van der Waals surface area contributed by atoms with Gasteiger partial charge in [0.15, 0.2) is 5.78 Å². The lowest BCUT2D eigenvalue weighted by molar-refractivity contribution is -0.115. The Kier molecular flexibility index (Phi) is 5.24. The first-order valence-electron chi connectivity index (χ1n) is 6.14. The van der Waals surface area contributed by atoms with E-state index in [1.807, 2.05) is 13.0 Å². The molecule has 1 atom stereocenters. The average molecular weight is 218 g/mol. The standard InChI is InChI=1S/C15H22O/c1-4-5-6-7-15(16)14-10-8-13(9-11-14)12(2)3/h4-5,10,13H,2,6-9,11H2,1,3H3/t13-/m1/s1. The summed E-state index contributed by atoms with van der Waals surface area (Å²) in [4.78, 5) is 11.8. The maximum Gasteiger partial charge on any atom is 0.158 e. The highest BCUT2D eigenvalue weighted by Crippen LogP contribution is 2.29. The van der Waals surface area contributed by atoms with Crippen molar-refractivity contribution in [2.24, 2.45) is 5.92 Å². The summed E-state index contributed by atoms with van der Waals surface area (Å²) in [6.07, 6.45) is 10.7. The topological polar surface area (TPSA) is 17.1 Å². The van der Waals surface area contributed by atoms with Crippen molar-refractivity contribution in [3.8, 4) is 0 Å². The third-order valence-corrected chi connectivity index (χ3v) is 3.24. The molecule has 0 saturated carbocycles. The van der Waals surface area contributed by atoms with Gasteiger partial charge in [0.1, 0.15) is 0 Å². The lowest BCUT2D eigenvalue weighted by Crippen LogP contribution is -2.11. The maximum absolute atomic E-state index is 11.8. The van der Waals surface area contributed by atoms with E-state index in [2.05, 4.69) is 25.7 Å². The van der Waals surface area contributed by atoms with Crippen LogP contribution in [-0.4, -0.2) is 5.78 Å². The number of hydrogen-bond donors (Lipinski definition) is 0. The summed E-state index contributed by atoms with van der Waals surface area (Å²) in [5, 5.41) is 0. The predicted molar refractivity (Wildman–Crippen MR) is 69.3 cm³/mol. The minimum Gasteiger partial charge on any atom is -0.295 e. The van der Waals surface area contributed by atoms with E-state index in [0.717, 1.165) is 31.3 Å². The van der Waals surface area contributed by atoms with E-state index in [1.54, 1.807) is 0 Å². The molecule has 0 N–H and O–H groups in total. The highest BCUT2D eigenvalue weighted by atomic mass is 16.1. The summed E-state index contributed by atoms with van der Waals surface area (Å²) in [6.45, 7) is 8.05. The van der Waals surface area contributed by atoms with Gasteiger partial charge < -0.3 is 0 Å². The molecule has 0 radical (unpaired) electrons. The fourth-order valence-electron chi connectivity index (χ4n) is 2.08. The van der Waals surface area contributed by atoms with E-state index in [0.29, 0.717) is 18.1 Å². The van der Waals surface area contributed by atoms with Gasteiger partial charge in [-0.3, -0.25) is 4.79 Å². The molecule has 0 unspecified atom stereocenters. The van der Waals surface area contributed by atoms with Crippen molar-refractivity contribution in [2.75, 3.05) is 0 Å². The number of rotatable bonds is 5. The third kappa shape index (κ3) is 3.80. The Morgan fingerprint density at radius 1 is 1.62 bits per heavy atom. The van der Waals surface area contributed by atoms with Crippen LogP contribution in [0.15, 0.2) is 36.0 Å². The van der Waals surface area contributed by atoms with Gasteiger partial charge in [0, 0.05) is 6.42 Å². The number of Topliss-reactive ketones (excluding diaryl/α,β-unsaturated/α-hetero) is 1. The second kappa shape index (κ2) is 6.47. The zero-order chi connectivity index (χ0) is 12.0. The van der Waals surface area contributed by atoms with Gasteiger partial charge in [-0.25, -0.2) is 0 Å². The molecule has 0 amide bonds. The Morgan fingerprint density at radius 3 is 2.88 bits per heavy atom. The summed E-state index contributed by atoms with van der Waals surface area (Å²) in [5.74, 6) is 0.922. The van der Waals surface area contributed by atoms with Crippen LogP contribution in [0.5, 0.6) is 0 Å². The minimum atomic E-state index is 0.332. The fourth-order valence-corrected chi connectivity index (χ4v) is 2.08. The van der Waals surface area contributed by atoms with Gasteiger partial charge in [0.05, 0.1) is 0 Å². The second-order valence-electron chi connectivity index (χ2n) is 4.58. The second-order valence-corrected chi connectivity index (χ2v) is 4.58. The molecule has 1 aliphatic carbocycles. The SMILES string of the molecule is C=C(C)[C@@H]1CC=C(C(=O)CCC=CC)CC1. The Bertz CT molecular complexity index is 320. The van der Waals surface area contributed by atoms with Crippen LogP contribution in [0.4, 0.5) is 0 Å². The monoisotopic (exact) mass is 218 g/mol. The molecule has 0 heterocycles. The highest BCUT2D eigenvalue weighted by Gasteiger charge is 2.18. The van der Waals surface area contributed by atoms with Crippen LogP contribution in [0, 0.1) is 5.92 Å². The van der Waals surface area contributed by atoms with Crippen LogP contribution in [0.1, 0.15) is 46.0 Å². The number of carbonyl (C=O) groups is 1. The van der Waals surface area contributed by atoms with Crippen LogP contribution in [-0.2, 0) is 4.79 Å². The van der Waals surface area contributed by atoms with E-state index in [4.69, 9.17) is 0 Å². The van der Waals surface area contributed by atoms with Gasteiger partial charge in [0.25, 0.3) is 0 Å². The van der Waals surface area contributed by atoms with Crippen molar-refractivity contribution in [3.63, 3.8) is 0 Å². The smallest absolute Gasteiger partial charge is 0.158 e. The lowest BCUT2D eigenvalue weighted by atomic mass is 9.84. The van der Waals surface area contributed by atoms with Crippen molar-refractivity contribution in [1.82, 2.24) is 0 Å². The van der Waals surface area contributed by atoms with Gasteiger partial charge in [-0.15, -0.1) is 0 Å². The van der Waals surface area contributed by atoms with Crippen LogP contribution in [0.2, 0.25) is 0 Å².